The number of carbonyl (C=O) groups is 1. The van der Waals surface area contributed by atoms with Crippen LogP contribution < -0.4 is 5.32 Å². The zero-order valence-corrected chi connectivity index (χ0v) is 16.1. The molecule has 0 aliphatic rings. The summed E-state index contributed by atoms with van der Waals surface area (Å²) >= 11 is 10.1. The number of tetrazole rings is 1. The van der Waals surface area contributed by atoms with E-state index in [2.05, 4.69) is 31.0 Å². The molecular formula is C13H12ClN7OS3. The van der Waals surface area contributed by atoms with Crippen molar-refractivity contribution in [3.63, 3.8) is 0 Å². The Morgan fingerprint density at radius 1 is 1.32 bits per heavy atom. The molecule has 0 radical (unpaired) electrons. The minimum atomic E-state index is -0.199. The summed E-state index contributed by atoms with van der Waals surface area (Å²) < 4.78 is 2.36. The first-order chi connectivity index (χ1) is 12.2. The molecule has 3 rings (SSSR count). The van der Waals surface area contributed by atoms with Gasteiger partial charge in [0.05, 0.1) is 11.4 Å². The number of aromatic nitrogens is 6. The molecule has 0 spiro atoms. The number of rotatable bonds is 7. The minimum Gasteiger partial charge on any atom is -0.300 e. The van der Waals surface area contributed by atoms with Gasteiger partial charge in [0.25, 0.3) is 0 Å². The first kappa shape index (κ1) is 18.1. The number of hydrogen-bond acceptors (Lipinski definition) is 9. The highest BCUT2D eigenvalue weighted by Gasteiger charge is 2.13. The highest BCUT2D eigenvalue weighted by atomic mass is 35.5. The second kappa shape index (κ2) is 8.61. The number of carbonyl (C=O) groups excluding carboxylic acids is 1. The molecule has 0 aliphatic heterocycles. The van der Waals surface area contributed by atoms with Gasteiger partial charge in [0.1, 0.15) is 0 Å². The molecule has 1 aromatic carbocycles. The van der Waals surface area contributed by atoms with Crippen molar-refractivity contribution in [1.82, 2.24) is 30.4 Å². The van der Waals surface area contributed by atoms with Gasteiger partial charge in [-0.2, -0.15) is 4.68 Å². The number of nitrogens with zero attached hydrogens (tertiary/aromatic N) is 6. The van der Waals surface area contributed by atoms with Crippen LogP contribution in [0.4, 0.5) is 5.13 Å². The Hall–Kier alpha value is -1.69. The van der Waals surface area contributed by atoms with Crippen molar-refractivity contribution in [2.75, 3.05) is 16.8 Å². The van der Waals surface area contributed by atoms with E-state index in [4.69, 9.17) is 11.6 Å². The lowest BCUT2D eigenvalue weighted by atomic mass is 10.3. The van der Waals surface area contributed by atoms with Crippen LogP contribution in [0.1, 0.15) is 6.92 Å². The molecule has 1 N–H and O–H groups in total. The van der Waals surface area contributed by atoms with Gasteiger partial charge in [-0.25, -0.2) is 0 Å². The number of nitrogens with one attached hydrogen (secondary N) is 1. The Balaban J connectivity index is 1.60. The van der Waals surface area contributed by atoms with Gasteiger partial charge in [-0.15, -0.1) is 15.3 Å². The number of amides is 1. The van der Waals surface area contributed by atoms with E-state index >= 15 is 0 Å². The van der Waals surface area contributed by atoms with Gasteiger partial charge in [0.2, 0.25) is 16.2 Å². The van der Waals surface area contributed by atoms with Crippen molar-refractivity contribution in [3.8, 4) is 5.69 Å². The van der Waals surface area contributed by atoms with Crippen LogP contribution in [-0.2, 0) is 4.79 Å². The molecule has 0 atom stereocenters. The van der Waals surface area contributed by atoms with Crippen molar-refractivity contribution in [2.45, 2.75) is 16.4 Å². The first-order valence-electron chi connectivity index (χ1n) is 7.09. The van der Waals surface area contributed by atoms with Gasteiger partial charge in [-0.05, 0) is 34.4 Å². The molecule has 1 amide bonds. The largest absolute Gasteiger partial charge is 0.300 e. The smallest absolute Gasteiger partial charge is 0.236 e. The molecule has 12 heteroatoms. The number of thioether (sulfide) groups is 2. The Morgan fingerprint density at radius 3 is 3.00 bits per heavy atom. The van der Waals surface area contributed by atoms with Gasteiger partial charge in [-0.3, -0.25) is 10.1 Å². The van der Waals surface area contributed by atoms with Crippen LogP contribution in [-0.4, -0.2) is 47.8 Å². The molecule has 0 saturated carbocycles. The van der Waals surface area contributed by atoms with Gasteiger partial charge in [0.15, 0.2) is 4.34 Å². The fourth-order valence-electron chi connectivity index (χ4n) is 1.77. The highest BCUT2D eigenvalue weighted by Crippen LogP contribution is 2.25. The van der Waals surface area contributed by atoms with Crippen molar-refractivity contribution >= 4 is 57.5 Å². The van der Waals surface area contributed by atoms with Crippen LogP contribution >= 0.6 is 46.5 Å². The summed E-state index contributed by atoms with van der Waals surface area (Å²) in [4.78, 5) is 12.1. The van der Waals surface area contributed by atoms with E-state index in [-0.39, 0.29) is 11.7 Å². The summed E-state index contributed by atoms with van der Waals surface area (Å²) in [6, 6.07) is 7.15. The fraction of sp³-hybridized carbons (Fsp3) is 0.231. The zero-order valence-electron chi connectivity index (χ0n) is 12.9. The third kappa shape index (κ3) is 4.91. The third-order valence-corrected chi connectivity index (χ3v) is 5.76. The molecule has 0 fully saturated rings. The van der Waals surface area contributed by atoms with Crippen LogP contribution in [0.25, 0.3) is 5.69 Å². The third-order valence-electron chi connectivity index (χ3n) is 2.75. The SMILES string of the molecule is CCSc1nnc(NC(=O)CSc2nnnn2-c2cccc(Cl)c2)s1. The molecule has 0 aliphatic carbocycles. The summed E-state index contributed by atoms with van der Waals surface area (Å²) in [6.45, 7) is 2.03. The monoisotopic (exact) mass is 413 g/mol. The summed E-state index contributed by atoms with van der Waals surface area (Å²) in [5.41, 5.74) is 0.728. The molecule has 8 nitrogen and oxygen atoms in total. The molecule has 3 aromatic rings. The predicted molar refractivity (Wildman–Crippen MR) is 99.8 cm³/mol. The van der Waals surface area contributed by atoms with Gasteiger partial charge < -0.3 is 0 Å². The van der Waals surface area contributed by atoms with E-state index in [0.29, 0.717) is 15.3 Å². The Kier molecular flexibility index (Phi) is 6.24. The first-order valence-corrected chi connectivity index (χ1v) is 10.3. The van der Waals surface area contributed by atoms with E-state index in [9.17, 15) is 4.79 Å². The van der Waals surface area contributed by atoms with Crippen LogP contribution in [0.2, 0.25) is 5.02 Å². The van der Waals surface area contributed by atoms with Crippen molar-refractivity contribution in [1.29, 1.82) is 0 Å². The fourth-order valence-corrected chi connectivity index (χ4v) is 4.31. The van der Waals surface area contributed by atoms with Gasteiger partial charge in [0, 0.05) is 5.02 Å². The van der Waals surface area contributed by atoms with E-state index in [1.54, 1.807) is 23.9 Å². The quantitative estimate of drug-likeness (QED) is 0.466. The van der Waals surface area contributed by atoms with Crippen LogP contribution in [0, 0.1) is 0 Å². The molecular weight excluding hydrogens is 402 g/mol. The standard InChI is InChI=1S/C13H12ClN7OS3/c1-2-23-13-18-16-11(25-13)15-10(22)7-24-12-17-19-20-21(12)9-5-3-4-8(14)6-9/h3-6H,2,7H2,1H3,(H,15,16,22). The summed E-state index contributed by atoms with van der Waals surface area (Å²) in [7, 11) is 0. The Morgan fingerprint density at radius 2 is 2.20 bits per heavy atom. The molecule has 0 saturated heterocycles. The Labute approximate surface area is 160 Å². The maximum absolute atomic E-state index is 12.1. The summed E-state index contributed by atoms with van der Waals surface area (Å²) in [6.07, 6.45) is 0. The number of hydrogen-bond donors (Lipinski definition) is 1. The van der Waals surface area contributed by atoms with Crippen molar-refractivity contribution in [2.24, 2.45) is 0 Å². The number of benzene rings is 1. The topological polar surface area (TPSA) is 98.5 Å². The highest BCUT2D eigenvalue weighted by molar-refractivity contribution is 8.01. The van der Waals surface area contributed by atoms with E-state index in [1.807, 2.05) is 19.1 Å². The molecule has 130 valence electrons. The Bertz CT molecular complexity index is 869. The summed E-state index contributed by atoms with van der Waals surface area (Å²) in [5, 5.41) is 23.8. The maximum atomic E-state index is 12.1. The van der Waals surface area contributed by atoms with Crippen LogP contribution in [0.15, 0.2) is 33.8 Å². The van der Waals surface area contributed by atoms with Gasteiger partial charge >= 0.3 is 0 Å². The molecule has 2 heterocycles. The second-order valence-corrected chi connectivity index (χ2v) is 8.36. The average Bonchev–Trinajstić information content (AvgIpc) is 3.23. The minimum absolute atomic E-state index is 0.150. The lowest BCUT2D eigenvalue weighted by Gasteiger charge is -2.04. The molecule has 25 heavy (non-hydrogen) atoms. The van der Waals surface area contributed by atoms with E-state index < -0.39 is 0 Å². The normalized spacial score (nSPS) is 10.8. The van der Waals surface area contributed by atoms with Crippen molar-refractivity contribution < 1.29 is 4.79 Å². The maximum Gasteiger partial charge on any atom is 0.236 e. The summed E-state index contributed by atoms with van der Waals surface area (Å²) in [5.74, 6) is 0.858. The molecule has 2 aromatic heterocycles. The molecule has 0 unspecified atom stereocenters. The lowest BCUT2D eigenvalue weighted by Crippen LogP contribution is -2.14. The zero-order chi connectivity index (χ0) is 17.6. The second-order valence-electron chi connectivity index (χ2n) is 4.50. The average molecular weight is 414 g/mol. The van der Waals surface area contributed by atoms with E-state index in [1.165, 1.54) is 27.8 Å². The van der Waals surface area contributed by atoms with Crippen LogP contribution in [0.5, 0.6) is 0 Å². The van der Waals surface area contributed by atoms with Gasteiger partial charge in [-0.1, -0.05) is 59.5 Å². The lowest BCUT2D eigenvalue weighted by molar-refractivity contribution is -0.113. The van der Waals surface area contributed by atoms with E-state index in [0.717, 1.165) is 15.8 Å². The number of anilines is 1. The number of halogens is 1. The predicted octanol–water partition coefficient (Wildman–Crippen LogP) is 3.01. The van der Waals surface area contributed by atoms with Crippen LogP contribution in [0.3, 0.4) is 0 Å². The van der Waals surface area contributed by atoms with Crippen molar-refractivity contribution in [3.05, 3.63) is 29.3 Å². The molecule has 0 bridgehead atoms.